The van der Waals surface area contributed by atoms with Gasteiger partial charge in [-0.05, 0) is 36.4 Å². The summed E-state index contributed by atoms with van der Waals surface area (Å²) in [5, 5.41) is 11.5. The van der Waals surface area contributed by atoms with Crippen LogP contribution >= 0.6 is 11.3 Å². The minimum Gasteiger partial charge on any atom is -0.427 e. The Kier molecular flexibility index (Phi) is 5.54. The van der Waals surface area contributed by atoms with Gasteiger partial charge in [-0.25, -0.2) is 0 Å². The summed E-state index contributed by atoms with van der Waals surface area (Å²) >= 11 is 1.16. The number of carbonyl (C=O) groups excluding carboxylic acids is 4. The maximum atomic E-state index is 12.4. The van der Waals surface area contributed by atoms with Crippen LogP contribution in [0.3, 0.4) is 0 Å². The predicted molar refractivity (Wildman–Crippen MR) is 111 cm³/mol. The normalized spacial score (nSPS) is 12.6. The molecule has 0 fully saturated rings. The highest BCUT2D eigenvalue weighted by Crippen LogP contribution is 2.24. The van der Waals surface area contributed by atoms with E-state index in [9.17, 15) is 19.2 Å². The SMILES string of the molecule is CC(=O)Oc1ccc(C(=O)Nc2nnc(CCN3C(=O)c4ccccc4C3=O)s2)cc1. The van der Waals surface area contributed by atoms with E-state index in [1.807, 2.05) is 0 Å². The Bertz CT molecular complexity index is 1150. The van der Waals surface area contributed by atoms with Gasteiger partial charge in [0.25, 0.3) is 17.7 Å². The van der Waals surface area contributed by atoms with Gasteiger partial charge in [-0.15, -0.1) is 10.2 Å². The zero-order chi connectivity index (χ0) is 22.0. The summed E-state index contributed by atoms with van der Waals surface area (Å²) in [7, 11) is 0. The molecule has 1 aromatic heterocycles. The Balaban J connectivity index is 1.35. The van der Waals surface area contributed by atoms with Crippen LogP contribution < -0.4 is 10.1 Å². The van der Waals surface area contributed by atoms with Crippen LogP contribution in [-0.2, 0) is 11.2 Å². The Morgan fingerprint density at radius 1 is 1.00 bits per heavy atom. The number of rotatable bonds is 6. The van der Waals surface area contributed by atoms with Gasteiger partial charge in [-0.1, -0.05) is 23.5 Å². The molecule has 2 aromatic carbocycles. The van der Waals surface area contributed by atoms with Crippen LogP contribution in [0.5, 0.6) is 5.75 Å². The fraction of sp³-hybridized carbons (Fsp3) is 0.143. The largest absolute Gasteiger partial charge is 0.427 e. The Hall–Kier alpha value is -3.92. The molecule has 1 aliphatic rings. The van der Waals surface area contributed by atoms with E-state index >= 15 is 0 Å². The van der Waals surface area contributed by atoms with Crippen molar-refractivity contribution < 1.29 is 23.9 Å². The molecule has 2 heterocycles. The highest BCUT2D eigenvalue weighted by molar-refractivity contribution is 7.15. The highest BCUT2D eigenvalue weighted by Gasteiger charge is 2.34. The maximum absolute atomic E-state index is 12.4. The summed E-state index contributed by atoms with van der Waals surface area (Å²) in [6.45, 7) is 1.47. The van der Waals surface area contributed by atoms with Crippen molar-refractivity contribution in [1.82, 2.24) is 15.1 Å². The predicted octanol–water partition coefficient (Wildman–Crippen LogP) is 2.55. The Labute approximate surface area is 180 Å². The minimum absolute atomic E-state index is 0.173. The van der Waals surface area contributed by atoms with Crippen molar-refractivity contribution in [3.05, 3.63) is 70.2 Å². The van der Waals surface area contributed by atoms with Gasteiger partial charge in [-0.2, -0.15) is 0 Å². The van der Waals surface area contributed by atoms with Crippen LogP contribution in [0.2, 0.25) is 0 Å². The van der Waals surface area contributed by atoms with E-state index in [0.717, 1.165) is 11.3 Å². The molecule has 9 nitrogen and oxygen atoms in total. The van der Waals surface area contributed by atoms with E-state index in [4.69, 9.17) is 4.74 Å². The van der Waals surface area contributed by atoms with E-state index in [2.05, 4.69) is 15.5 Å². The third-order valence-corrected chi connectivity index (χ3v) is 5.39. The van der Waals surface area contributed by atoms with Crippen LogP contribution in [0.1, 0.15) is 43.0 Å². The summed E-state index contributed by atoms with van der Waals surface area (Å²) in [6, 6.07) is 12.8. The molecule has 0 radical (unpaired) electrons. The molecule has 1 aliphatic heterocycles. The summed E-state index contributed by atoms with van der Waals surface area (Å²) in [5.41, 5.74) is 1.16. The molecule has 4 rings (SSSR count). The first-order valence-corrected chi connectivity index (χ1v) is 10.1. The number of hydrogen-bond donors (Lipinski definition) is 1. The summed E-state index contributed by atoms with van der Waals surface area (Å²) in [4.78, 5) is 49.3. The van der Waals surface area contributed by atoms with Crippen LogP contribution in [0.25, 0.3) is 0 Å². The number of carbonyl (C=O) groups is 4. The van der Waals surface area contributed by atoms with Gasteiger partial charge in [0.05, 0.1) is 11.1 Å². The average molecular weight is 436 g/mol. The first-order chi connectivity index (χ1) is 14.9. The van der Waals surface area contributed by atoms with Gasteiger partial charge in [0.15, 0.2) is 0 Å². The van der Waals surface area contributed by atoms with Crippen molar-refractivity contribution in [3.63, 3.8) is 0 Å². The molecular weight excluding hydrogens is 420 g/mol. The molecule has 10 heteroatoms. The molecule has 0 bridgehead atoms. The quantitative estimate of drug-likeness (QED) is 0.358. The molecule has 3 amide bonds. The lowest BCUT2D eigenvalue weighted by Crippen LogP contribution is -2.31. The zero-order valence-electron chi connectivity index (χ0n) is 16.3. The van der Waals surface area contributed by atoms with E-state index in [1.54, 1.807) is 24.3 Å². The van der Waals surface area contributed by atoms with Crippen LogP contribution in [0.15, 0.2) is 48.5 Å². The molecule has 156 valence electrons. The summed E-state index contributed by atoms with van der Waals surface area (Å²) in [5.74, 6) is -1.14. The number of nitrogens with one attached hydrogen (secondary N) is 1. The number of aromatic nitrogens is 2. The van der Waals surface area contributed by atoms with E-state index in [0.29, 0.717) is 39.0 Å². The number of amides is 3. The van der Waals surface area contributed by atoms with E-state index in [-0.39, 0.29) is 18.4 Å². The third kappa shape index (κ3) is 4.33. The zero-order valence-corrected chi connectivity index (χ0v) is 17.1. The molecule has 3 aromatic rings. The fourth-order valence-corrected chi connectivity index (χ4v) is 3.79. The monoisotopic (exact) mass is 436 g/mol. The molecule has 31 heavy (non-hydrogen) atoms. The van der Waals surface area contributed by atoms with Gasteiger partial charge in [-0.3, -0.25) is 29.4 Å². The molecule has 0 aliphatic carbocycles. The van der Waals surface area contributed by atoms with Gasteiger partial charge >= 0.3 is 5.97 Å². The van der Waals surface area contributed by atoms with Crippen molar-refractivity contribution in [2.24, 2.45) is 0 Å². The number of hydrogen-bond acceptors (Lipinski definition) is 8. The van der Waals surface area contributed by atoms with Crippen molar-refractivity contribution in [2.45, 2.75) is 13.3 Å². The molecule has 1 N–H and O–H groups in total. The molecule has 0 saturated heterocycles. The number of ether oxygens (including phenoxy) is 1. The van der Waals surface area contributed by atoms with Crippen LogP contribution in [-0.4, -0.2) is 45.3 Å². The number of anilines is 1. The smallest absolute Gasteiger partial charge is 0.308 e. The second kappa shape index (κ2) is 8.44. The summed E-state index contributed by atoms with van der Waals surface area (Å²) in [6.07, 6.45) is 0.329. The fourth-order valence-electron chi connectivity index (χ4n) is 3.06. The first-order valence-electron chi connectivity index (χ1n) is 9.30. The van der Waals surface area contributed by atoms with Gasteiger partial charge in [0.2, 0.25) is 5.13 Å². The minimum atomic E-state index is -0.445. The second-order valence-corrected chi connectivity index (χ2v) is 7.69. The van der Waals surface area contributed by atoms with Crippen molar-refractivity contribution >= 4 is 40.2 Å². The lowest BCUT2D eigenvalue weighted by Gasteiger charge is -2.12. The Morgan fingerprint density at radius 2 is 1.65 bits per heavy atom. The maximum Gasteiger partial charge on any atom is 0.308 e. The van der Waals surface area contributed by atoms with Crippen LogP contribution in [0.4, 0.5) is 5.13 Å². The van der Waals surface area contributed by atoms with Gasteiger partial charge < -0.3 is 4.74 Å². The average Bonchev–Trinajstić information content (AvgIpc) is 3.29. The number of fused-ring (bicyclic) bond motifs is 1. The van der Waals surface area contributed by atoms with Gasteiger partial charge in [0.1, 0.15) is 10.8 Å². The highest BCUT2D eigenvalue weighted by atomic mass is 32.1. The van der Waals surface area contributed by atoms with E-state index in [1.165, 1.54) is 36.1 Å². The molecule has 0 unspecified atom stereocenters. The molecule has 0 saturated carbocycles. The van der Waals surface area contributed by atoms with E-state index < -0.39 is 11.9 Å². The first kappa shape index (κ1) is 20.4. The van der Waals surface area contributed by atoms with Crippen LogP contribution in [0, 0.1) is 0 Å². The second-order valence-electron chi connectivity index (χ2n) is 6.63. The number of imide groups is 1. The number of esters is 1. The van der Waals surface area contributed by atoms with Crippen molar-refractivity contribution in [3.8, 4) is 5.75 Å². The molecular formula is C21H16N4O5S. The molecule has 0 spiro atoms. The van der Waals surface area contributed by atoms with Crippen molar-refractivity contribution in [1.29, 1.82) is 0 Å². The topological polar surface area (TPSA) is 119 Å². The van der Waals surface area contributed by atoms with Crippen molar-refractivity contribution in [2.75, 3.05) is 11.9 Å². The lowest BCUT2D eigenvalue weighted by molar-refractivity contribution is -0.131. The summed E-state index contributed by atoms with van der Waals surface area (Å²) < 4.78 is 4.93. The molecule has 0 atom stereocenters. The number of nitrogens with zero attached hydrogens (tertiary/aromatic N) is 3. The standard InChI is InChI=1S/C21H16N4O5S/c1-12(26)30-14-8-6-13(7-9-14)18(27)22-21-24-23-17(31-21)10-11-25-19(28)15-4-2-3-5-16(15)20(25)29/h2-9H,10-11H2,1H3,(H,22,24,27). The third-order valence-electron chi connectivity index (χ3n) is 4.49. The number of benzene rings is 2. The lowest BCUT2D eigenvalue weighted by atomic mass is 10.1. The Morgan fingerprint density at radius 3 is 2.26 bits per heavy atom. The van der Waals surface area contributed by atoms with Gasteiger partial charge in [0, 0.05) is 25.5 Å².